The molecular formula is C19H39O4PS2. The zero-order valence-electron chi connectivity index (χ0n) is 16.4. The molecule has 0 saturated heterocycles. The molecule has 0 aliphatic rings. The van der Waals surface area contributed by atoms with E-state index in [1.165, 1.54) is 77.0 Å². The first kappa shape index (κ1) is 26.6. The number of phosphoric ester groups is 1. The molecule has 0 fully saturated rings. The molecule has 0 saturated carbocycles. The average Bonchev–Trinajstić information content (AvgIpc) is 2.56. The molecule has 0 bridgehead atoms. The Bertz CT molecular complexity index is 388. The second kappa shape index (κ2) is 17.6. The molecule has 0 aromatic carbocycles. The number of thiocarbonyl (C=S) groups is 1. The van der Waals surface area contributed by atoms with E-state index in [-0.39, 0.29) is 4.20 Å². The van der Waals surface area contributed by atoms with Crippen LogP contribution in [0.15, 0.2) is 0 Å². The van der Waals surface area contributed by atoms with Crippen molar-refractivity contribution < 1.29 is 18.9 Å². The third-order valence-electron chi connectivity index (χ3n) is 4.61. The van der Waals surface area contributed by atoms with E-state index in [9.17, 15) is 4.57 Å². The number of thiol groups is 1. The molecule has 0 rings (SSSR count). The molecule has 7 heteroatoms. The third-order valence-corrected chi connectivity index (χ3v) is 5.69. The van der Waals surface area contributed by atoms with Gasteiger partial charge in [0.2, 0.25) is 0 Å². The Hall–Kier alpha value is 0.550. The number of hydrogen-bond donors (Lipinski definition) is 3. The van der Waals surface area contributed by atoms with Gasteiger partial charge in [0, 0.05) is 0 Å². The highest BCUT2D eigenvalue weighted by atomic mass is 32.1. The Balaban J connectivity index is 3.37. The zero-order chi connectivity index (χ0) is 19.7. The predicted molar refractivity (Wildman–Crippen MR) is 118 cm³/mol. The summed E-state index contributed by atoms with van der Waals surface area (Å²) in [4.78, 5) is 17.7. The fourth-order valence-corrected chi connectivity index (χ4v) is 4.13. The van der Waals surface area contributed by atoms with Crippen LogP contribution in [-0.2, 0) is 9.09 Å². The lowest BCUT2D eigenvalue weighted by Gasteiger charge is -2.16. The predicted octanol–water partition coefficient (Wildman–Crippen LogP) is 6.98. The van der Waals surface area contributed by atoms with Gasteiger partial charge in [-0.15, -0.1) is 12.6 Å². The summed E-state index contributed by atoms with van der Waals surface area (Å²) in [7, 11) is -4.50. The van der Waals surface area contributed by atoms with Crippen LogP contribution in [0.25, 0.3) is 0 Å². The number of hydrogen-bond acceptors (Lipinski definition) is 3. The summed E-state index contributed by atoms with van der Waals surface area (Å²) in [6.45, 7) is 2.26. The van der Waals surface area contributed by atoms with Crippen molar-refractivity contribution in [2.75, 3.05) is 0 Å². The average molecular weight is 427 g/mol. The molecule has 1 unspecified atom stereocenters. The van der Waals surface area contributed by atoms with Crippen LogP contribution in [-0.4, -0.2) is 20.1 Å². The van der Waals surface area contributed by atoms with Gasteiger partial charge in [-0.05, 0) is 6.42 Å². The van der Waals surface area contributed by atoms with E-state index in [1.807, 2.05) is 0 Å². The van der Waals surface area contributed by atoms with Crippen LogP contribution >= 0.6 is 32.7 Å². The summed E-state index contributed by atoms with van der Waals surface area (Å²) < 4.78 is 15.8. The summed E-state index contributed by atoms with van der Waals surface area (Å²) in [5, 5.41) is 0. The number of unbranched alkanes of at least 4 members (excludes halogenated alkanes) is 14. The smallest absolute Gasteiger partial charge is 0.303 e. The van der Waals surface area contributed by atoms with E-state index in [4.69, 9.17) is 22.0 Å². The van der Waals surface area contributed by atoms with Gasteiger partial charge in [-0.25, -0.2) is 4.57 Å². The molecule has 0 aliphatic carbocycles. The van der Waals surface area contributed by atoms with Crippen molar-refractivity contribution in [3.8, 4) is 0 Å². The Kier molecular flexibility index (Phi) is 18.0. The summed E-state index contributed by atoms with van der Waals surface area (Å²) in [5.41, 5.74) is 0. The van der Waals surface area contributed by atoms with Crippen molar-refractivity contribution in [3.63, 3.8) is 0 Å². The molecule has 0 aromatic heterocycles. The second-order valence-electron chi connectivity index (χ2n) is 7.16. The molecule has 4 nitrogen and oxygen atoms in total. The van der Waals surface area contributed by atoms with Crippen molar-refractivity contribution in [1.82, 2.24) is 0 Å². The van der Waals surface area contributed by atoms with Crippen LogP contribution in [0.4, 0.5) is 0 Å². The van der Waals surface area contributed by atoms with Gasteiger partial charge in [0.05, 0.1) is 4.20 Å². The highest BCUT2D eigenvalue weighted by molar-refractivity contribution is 8.11. The minimum absolute atomic E-state index is 0.207. The van der Waals surface area contributed by atoms with Gasteiger partial charge in [0.1, 0.15) is 6.10 Å². The van der Waals surface area contributed by atoms with Crippen LogP contribution in [0.5, 0.6) is 0 Å². The molecule has 0 radical (unpaired) electrons. The minimum Gasteiger partial charge on any atom is -0.303 e. The quantitative estimate of drug-likeness (QED) is 0.0899. The van der Waals surface area contributed by atoms with Gasteiger partial charge in [-0.1, -0.05) is 115 Å². The molecule has 156 valence electrons. The fraction of sp³-hybridized carbons (Fsp3) is 0.947. The number of rotatable bonds is 19. The summed E-state index contributed by atoms with van der Waals surface area (Å²) in [5.74, 6) is 0. The van der Waals surface area contributed by atoms with E-state index in [1.54, 1.807) is 0 Å². The standard InChI is InChI=1S/C19H39O4PS2/c1-2-3-4-5-6-7-8-9-10-11-12-13-14-15-16-17-18(19(25)26)23-24(20,21)22/h18H,2-17H2,1H3,(H,25,26)(H2,20,21,22). The van der Waals surface area contributed by atoms with Crippen LogP contribution in [0.1, 0.15) is 110 Å². The summed E-state index contributed by atoms with van der Waals surface area (Å²) >= 11 is 8.88. The van der Waals surface area contributed by atoms with Gasteiger partial charge in [0.25, 0.3) is 0 Å². The third kappa shape index (κ3) is 19.3. The first-order valence-corrected chi connectivity index (χ1v) is 12.7. The van der Waals surface area contributed by atoms with Gasteiger partial charge < -0.3 is 9.79 Å². The SMILES string of the molecule is CCCCCCCCCCCCCCCCCC(OP(=O)(O)O)C(=S)S. The molecule has 0 aromatic rings. The topological polar surface area (TPSA) is 66.8 Å². The lowest BCUT2D eigenvalue weighted by molar-refractivity contribution is 0.166. The van der Waals surface area contributed by atoms with E-state index in [2.05, 4.69) is 24.1 Å². The Morgan fingerprint density at radius 3 is 1.50 bits per heavy atom. The maximum absolute atomic E-state index is 10.9. The normalized spacial score (nSPS) is 13.1. The van der Waals surface area contributed by atoms with Crippen molar-refractivity contribution >= 4 is 36.9 Å². The highest BCUT2D eigenvalue weighted by Gasteiger charge is 2.23. The first-order valence-electron chi connectivity index (χ1n) is 10.3. The van der Waals surface area contributed by atoms with E-state index < -0.39 is 13.9 Å². The fourth-order valence-electron chi connectivity index (χ4n) is 3.09. The molecule has 26 heavy (non-hydrogen) atoms. The zero-order valence-corrected chi connectivity index (χ0v) is 19.0. The van der Waals surface area contributed by atoms with Crippen molar-refractivity contribution in [2.24, 2.45) is 0 Å². The molecule has 1 atom stereocenters. The van der Waals surface area contributed by atoms with Gasteiger partial charge in [-0.2, -0.15) is 0 Å². The lowest BCUT2D eigenvalue weighted by atomic mass is 10.0. The van der Waals surface area contributed by atoms with Gasteiger partial charge in [-0.3, -0.25) is 4.52 Å². The minimum atomic E-state index is -4.50. The molecule has 0 heterocycles. The Labute approximate surface area is 171 Å². The van der Waals surface area contributed by atoms with Crippen LogP contribution in [0.2, 0.25) is 0 Å². The van der Waals surface area contributed by atoms with E-state index in [0.717, 1.165) is 19.3 Å². The van der Waals surface area contributed by atoms with Crippen molar-refractivity contribution in [3.05, 3.63) is 0 Å². The van der Waals surface area contributed by atoms with Gasteiger partial charge in [0.15, 0.2) is 0 Å². The van der Waals surface area contributed by atoms with Crippen molar-refractivity contribution in [2.45, 2.75) is 116 Å². The van der Waals surface area contributed by atoms with Crippen molar-refractivity contribution in [1.29, 1.82) is 0 Å². The summed E-state index contributed by atoms with van der Waals surface area (Å²) in [6, 6.07) is 0. The molecule has 2 N–H and O–H groups in total. The maximum Gasteiger partial charge on any atom is 0.470 e. The van der Waals surface area contributed by atoms with Gasteiger partial charge >= 0.3 is 7.82 Å². The highest BCUT2D eigenvalue weighted by Crippen LogP contribution is 2.39. The maximum atomic E-state index is 10.9. The largest absolute Gasteiger partial charge is 0.470 e. The molecule has 0 amide bonds. The summed E-state index contributed by atoms with van der Waals surface area (Å²) in [6.07, 6.45) is 19.1. The van der Waals surface area contributed by atoms with E-state index >= 15 is 0 Å². The number of phosphoric acid groups is 1. The monoisotopic (exact) mass is 426 g/mol. The second-order valence-corrected chi connectivity index (χ2v) is 9.58. The van der Waals surface area contributed by atoms with Crippen LogP contribution in [0.3, 0.4) is 0 Å². The Morgan fingerprint density at radius 1 is 0.846 bits per heavy atom. The molecule has 0 spiro atoms. The van der Waals surface area contributed by atoms with Crippen LogP contribution < -0.4 is 0 Å². The van der Waals surface area contributed by atoms with E-state index in [0.29, 0.717) is 6.42 Å². The lowest BCUT2D eigenvalue weighted by Crippen LogP contribution is -2.17. The van der Waals surface area contributed by atoms with Crippen LogP contribution in [0, 0.1) is 0 Å². The Morgan fingerprint density at radius 2 is 1.19 bits per heavy atom. The molecule has 0 aliphatic heterocycles. The first-order chi connectivity index (χ1) is 12.4. The molecular weight excluding hydrogens is 387 g/mol.